The minimum absolute atomic E-state index is 0.0104. The zero-order valence-electron chi connectivity index (χ0n) is 22.0. The number of amides is 2. The number of carbonyl (C=O) groups excluding carboxylic acids is 2. The van der Waals surface area contributed by atoms with Gasteiger partial charge >= 0.3 is 13.2 Å². The smallest absolute Gasteiger partial charge is 0.447 e. The van der Waals surface area contributed by atoms with Crippen LogP contribution in [0.25, 0.3) is 0 Å². The number of nitriles is 1. The lowest BCUT2D eigenvalue weighted by atomic mass is 9.76. The number of hydrogen-bond acceptors (Lipinski definition) is 7. The van der Waals surface area contributed by atoms with Gasteiger partial charge in [0.1, 0.15) is 36.4 Å². The summed E-state index contributed by atoms with van der Waals surface area (Å²) in [5.41, 5.74) is -0.550. The average Bonchev–Trinajstić information content (AvgIpc) is 3.25. The molecule has 2 amide bonds. The number of carbonyl (C=O) groups is 2. The third kappa shape index (κ3) is 8.21. The first-order valence-electron chi connectivity index (χ1n) is 12.9. The Hall–Kier alpha value is -3.08. The molecule has 212 valence electrons. The van der Waals surface area contributed by atoms with E-state index in [1.807, 2.05) is 6.07 Å². The van der Waals surface area contributed by atoms with E-state index >= 15 is 0 Å². The summed E-state index contributed by atoms with van der Waals surface area (Å²) >= 11 is 0. The molecule has 0 aromatic heterocycles. The van der Waals surface area contributed by atoms with Gasteiger partial charge < -0.3 is 25.0 Å². The zero-order chi connectivity index (χ0) is 28.7. The number of nitrogens with zero attached hydrogens (tertiary/aromatic N) is 3. The Kier molecular flexibility index (Phi) is 10.4. The largest absolute Gasteiger partial charge is 0.475 e. The van der Waals surface area contributed by atoms with Crippen molar-refractivity contribution in [1.29, 1.82) is 5.26 Å². The first-order valence-corrected chi connectivity index (χ1v) is 12.9. The van der Waals surface area contributed by atoms with Crippen LogP contribution in [0.15, 0.2) is 35.9 Å². The van der Waals surface area contributed by atoms with E-state index in [9.17, 15) is 38.1 Å². The highest BCUT2D eigenvalue weighted by atomic mass is 19.2. The molecule has 0 aliphatic carbocycles. The van der Waals surface area contributed by atoms with Crippen molar-refractivity contribution in [2.45, 2.75) is 69.4 Å². The maximum absolute atomic E-state index is 13.7. The number of nitrogens with one attached hydrogen (secondary N) is 1. The van der Waals surface area contributed by atoms with Crippen molar-refractivity contribution in [3.63, 3.8) is 0 Å². The highest BCUT2D eigenvalue weighted by Crippen LogP contribution is 2.28. The lowest BCUT2D eigenvalue weighted by Crippen LogP contribution is -2.50. The molecule has 2 aliphatic rings. The van der Waals surface area contributed by atoms with Gasteiger partial charge in [0.15, 0.2) is 0 Å². The molecule has 2 fully saturated rings. The summed E-state index contributed by atoms with van der Waals surface area (Å²) in [6, 6.07) is 6.74. The first kappa shape index (κ1) is 30.5. The molecule has 0 bridgehead atoms. The second kappa shape index (κ2) is 13.3. The predicted octanol–water partition coefficient (Wildman–Crippen LogP) is 2.08. The average molecular weight is 550 g/mol. The van der Waals surface area contributed by atoms with Crippen LogP contribution in [-0.2, 0) is 16.0 Å². The summed E-state index contributed by atoms with van der Waals surface area (Å²) < 4.78 is 45.9. The quantitative estimate of drug-likeness (QED) is 0.244. The molecule has 0 radical (unpaired) electrons. The van der Waals surface area contributed by atoms with Crippen LogP contribution in [0.5, 0.6) is 0 Å². The molecule has 1 aromatic carbocycles. The number of benzene rings is 1. The number of piperidine rings is 1. The molecule has 2 heterocycles. The highest BCUT2D eigenvalue weighted by Gasteiger charge is 2.40. The molecule has 3 rings (SSSR count). The lowest BCUT2D eigenvalue weighted by Gasteiger charge is -2.36. The minimum Gasteiger partial charge on any atom is -0.447 e. The van der Waals surface area contributed by atoms with E-state index in [2.05, 4.69) is 5.32 Å². The van der Waals surface area contributed by atoms with Crippen LogP contribution in [0.2, 0.25) is 0 Å². The van der Waals surface area contributed by atoms with Gasteiger partial charge in [-0.1, -0.05) is 12.1 Å². The Morgan fingerprint density at radius 1 is 1.23 bits per heavy atom. The van der Waals surface area contributed by atoms with Crippen LogP contribution in [0.3, 0.4) is 0 Å². The van der Waals surface area contributed by atoms with Gasteiger partial charge in [-0.2, -0.15) is 5.26 Å². The van der Waals surface area contributed by atoms with Crippen molar-refractivity contribution in [3.8, 4) is 6.07 Å². The summed E-state index contributed by atoms with van der Waals surface area (Å²) in [6.07, 6.45) is -0.789. The second-order valence-corrected chi connectivity index (χ2v) is 10.5. The molecule has 4 atom stereocenters. The Morgan fingerprint density at radius 3 is 2.46 bits per heavy atom. The summed E-state index contributed by atoms with van der Waals surface area (Å²) in [5, 5.41) is 31.5. The number of halogens is 3. The van der Waals surface area contributed by atoms with Gasteiger partial charge in [0.2, 0.25) is 0 Å². The van der Waals surface area contributed by atoms with Crippen molar-refractivity contribution < 1.29 is 37.5 Å². The van der Waals surface area contributed by atoms with E-state index in [-0.39, 0.29) is 31.7 Å². The van der Waals surface area contributed by atoms with Crippen LogP contribution < -0.4 is 5.32 Å². The van der Waals surface area contributed by atoms with Gasteiger partial charge in [0.05, 0.1) is 12.0 Å². The molecular weight excluding hydrogens is 516 g/mol. The normalized spacial score (nSPS) is 23.2. The molecule has 1 aromatic rings. The Bertz CT molecular complexity index is 1070. The summed E-state index contributed by atoms with van der Waals surface area (Å²) in [6.45, 7) is 3.22. The fourth-order valence-corrected chi connectivity index (χ4v) is 4.85. The minimum atomic E-state index is -1.90. The van der Waals surface area contributed by atoms with E-state index in [1.165, 1.54) is 35.2 Å². The van der Waals surface area contributed by atoms with Gasteiger partial charge in [0, 0.05) is 25.2 Å². The number of alkyl halides is 2. The van der Waals surface area contributed by atoms with Crippen molar-refractivity contribution >= 4 is 19.1 Å². The Balaban J connectivity index is 1.62. The fourth-order valence-electron chi connectivity index (χ4n) is 4.85. The molecule has 13 heteroatoms. The van der Waals surface area contributed by atoms with Crippen molar-refractivity contribution in [3.05, 3.63) is 47.3 Å². The molecular formula is C26H34BF3N4O5. The van der Waals surface area contributed by atoms with Crippen molar-refractivity contribution in [2.24, 2.45) is 0 Å². The van der Waals surface area contributed by atoms with E-state index in [0.717, 1.165) is 6.42 Å². The highest BCUT2D eigenvalue weighted by molar-refractivity contribution is 6.43. The van der Waals surface area contributed by atoms with E-state index in [1.54, 1.807) is 18.7 Å². The summed E-state index contributed by atoms with van der Waals surface area (Å²) in [4.78, 5) is 28.8. The first-order chi connectivity index (χ1) is 18.4. The summed E-state index contributed by atoms with van der Waals surface area (Å²) in [7, 11) is -1.90. The number of alkyl carbamates (subject to hydrolysis) is 1. The van der Waals surface area contributed by atoms with Gasteiger partial charge in [0.25, 0.3) is 5.91 Å². The van der Waals surface area contributed by atoms with Gasteiger partial charge in [-0.25, -0.2) is 18.0 Å². The van der Waals surface area contributed by atoms with Gasteiger partial charge in [-0.15, -0.1) is 0 Å². The lowest BCUT2D eigenvalue weighted by molar-refractivity contribution is -0.131. The van der Waals surface area contributed by atoms with Crippen LogP contribution >= 0.6 is 0 Å². The molecule has 3 N–H and O–H groups in total. The SMILES string of the molecule is CC(C)(C=C(C#N)C(=O)N1CCCC[C@@H]1COC(=O)NC(Cc1ccc(F)cc1)B(O)O)N1C[C@@H](F)[C@@H](F)C1. The van der Waals surface area contributed by atoms with Gasteiger partial charge in [-0.05, 0) is 63.3 Å². The third-order valence-electron chi connectivity index (χ3n) is 7.17. The van der Waals surface area contributed by atoms with Crippen LogP contribution in [0.1, 0.15) is 38.7 Å². The number of ether oxygens (including phenoxy) is 1. The summed E-state index contributed by atoms with van der Waals surface area (Å²) in [5.74, 6) is -2.14. The number of likely N-dealkylation sites (tertiary alicyclic amines) is 2. The number of hydrogen-bond donors (Lipinski definition) is 3. The van der Waals surface area contributed by atoms with E-state index in [0.29, 0.717) is 24.9 Å². The predicted molar refractivity (Wildman–Crippen MR) is 137 cm³/mol. The molecule has 0 saturated carbocycles. The molecule has 2 aliphatic heterocycles. The topological polar surface area (TPSA) is 126 Å². The standard InChI is InChI=1S/C26H34BF3N4O5/c1-26(2,33-14-21(29)22(30)15-33)12-18(13-31)24(35)34-10-4-3-5-20(34)16-39-25(36)32-23(27(37)38)11-17-6-8-19(28)9-7-17/h6-9,12,20-23,37-38H,3-5,10-11,14-16H2,1-2H3,(H,32,36)/t20-,21-,22+,23?/m1/s1. The van der Waals surface area contributed by atoms with E-state index < -0.39 is 54.8 Å². The maximum Gasteiger partial charge on any atom is 0.475 e. The van der Waals surface area contributed by atoms with Crippen LogP contribution in [0.4, 0.5) is 18.0 Å². The Morgan fingerprint density at radius 2 is 1.87 bits per heavy atom. The fraction of sp³-hybridized carbons (Fsp3) is 0.577. The maximum atomic E-state index is 13.7. The third-order valence-corrected chi connectivity index (χ3v) is 7.17. The number of rotatable bonds is 9. The van der Waals surface area contributed by atoms with Crippen molar-refractivity contribution in [1.82, 2.24) is 15.1 Å². The Labute approximate surface area is 226 Å². The van der Waals surface area contributed by atoms with Crippen molar-refractivity contribution in [2.75, 3.05) is 26.2 Å². The van der Waals surface area contributed by atoms with E-state index in [4.69, 9.17) is 4.74 Å². The molecule has 0 spiro atoms. The second-order valence-electron chi connectivity index (χ2n) is 10.5. The molecule has 1 unspecified atom stereocenters. The zero-order valence-corrected chi connectivity index (χ0v) is 22.0. The molecule has 2 saturated heterocycles. The van der Waals surface area contributed by atoms with Crippen LogP contribution in [0, 0.1) is 17.1 Å². The van der Waals surface area contributed by atoms with Crippen LogP contribution in [-0.4, -0.2) is 95.1 Å². The molecule has 9 nitrogen and oxygen atoms in total. The molecule has 39 heavy (non-hydrogen) atoms. The monoisotopic (exact) mass is 550 g/mol. The van der Waals surface area contributed by atoms with Gasteiger partial charge in [-0.3, -0.25) is 9.69 Å².